The molecule has 0 spiro atoms. The number of nitrogens with one attached hydrogen (secondary N) is 1. The van der Waals surface area contributed by atoms with Crippen LogP contribution in [0.25, 0.3) is 0 Å². The second-order valence-corrected chi connectivity index (χ2v) is 4.99. The summed E-state index contributed by atoms with van der Waals surface area (Å²) < 4.78 is 7.45. The van der Waals surface area contributed by atoms with Crippen molar-refractivity contribution in [3.63, 3.8) is 0 Å². The summed E-state index contributed by atoms with van der Waals surface area (Å²) in [6.07, 6.45) is 6.63. The number of rotatable bonds is 8. The minimum Gasteiger partial charge on any atom is -0.493 e. The molecule has 1 aromatic carbocycles. The van der Waals surface area contributed by atoms with Crippen LogP contribution in [0.15, 0.2) is 43.0 Å². The quantitative estimate of drug-likeness (QED) is 0.762. The van der Waals surface area contributed by atoms with E-state index in [0.717, 1.165) is 13.0 Å². The number of ether oxygens (including phenoxy) is 1. The van der Waals surface area contributed by atoms with Crippen LogP contribution >= 0.6 is 11.6 Å². The van der Waals surface area contributed by atoms with Crippen molar-refractivity contribution in [2.45, 2.75) is 19.4 Å². The number of nitrogens with zero attached hydrogens (tertiary/aromatic N) is 2. The zero-order valence-electron chi connectivity index (χ0n) is 11.7. The summed E-state index contributed by atoms with van der Waals surface area (Å²) >= 11 is 5.78. The normalized spacial score (nSPS) is 10.3. The molecule has 0 fully saturated rings. The summed E-state index contributed by atoms with van der Waals surface area (Å²) in [5.41, 5.74) is 0. The van der Waals surface area contributed by atoms with E-state index in [1.54, 1.807) is 36.8 Å². The van der Waals surface area contributed by atoms with Gasteiger partial charge in [0.1, 0.15) is 5.75 Å². The molecule has 1 amide bonds. The number of carbonyl (C=O) groups is 1. The van der Waals surface area contributed by atoms with Crippen molar-refractivity contribution in [2.24, 2.45) is 0 Å². The first-order valence-corrected chi connectivity index (χ1v) is 7.22. The first-order valence-electron chi connectivity index (χ1n) is 6.85. The van der Waals surface area contributed by atoms with E-state index in [1.165, 1.54) is 0 Å². The van der Waals surface area contributed by atoms with Crippen LogP contribution in [0.3, 0.4) is 0 Å². The smallest absolute Gasteiger partial charge is 0.223 e. The van der Waals surface area contributed by atoms with Crippen LogP contribution in [0.2, 0.25) is 5.02 Å². The number of aryl methyl sites for hydroxylation is 1. The Balaban J connectivity index is 1.54. The zero-order chi connectivity index (χ0) is 14.9. The number of amides is 1. The van der Waals surface area contributed by atoms with Crippen molar-refractivity contribution in [2.75, 3.05) is 13.2 Å². The molecule has 0 aliphatic heterocycles. The third-order valence-corrected chi connectivity index (χ3v) is 3.14. The van der Waals surface area contributed by atoms with Crippen molar-refractivity contribution >= 4 is 17.5 Å². The van der Waals surface area contributed by atoms with Crippen LogP contribution in [0.5, 0.6) is 5.75 Å². The van der Waals surface area contributed by atoms with Gasteiger partial charge in [0, 0.05) is 30.5 Å². The van der Waals surface area contributed by atoms with E-state index in [2.05, 4.69) is 10.3 Å². The SMILES string of the molecule is O=C(CCOc1ccc(Cl)cc1)NCCCn1ccnc1. The summed E-state index contributed by atoms with van der Waals surface area (Å²) in [5.74, 6) is 0.710. The van der Waals surface area contributed by atoms with Gasteiger partial charge in [0.05, 0.1) is 19.4 Å². The Labute approximate surface area is 128 Å². The number of hydrogen-bond acceptors (Lipinski definition) is 3. The number of carbonyl (C=O) groups excluding carboxylic acids is 1. The van der Waals surface area contributed by atoms with Gasteiger partial charge < -0.3 is 14.6 Å². The molecule has 0 atom stereocenters. The van der Waals surface area contributed by atoms with Crippen molar-refractivity contribution in [1.82, 2.24) is 14.9 Å². The molecule has 5 nitrogen and oxygen atoms in total. The summed E-state index contributed by atoms with van der Waals surface area (Å²) in [6.45, 7) is 1.86. The molecule has 0 radical (unpaired) electrons. The number of benzene rings is 1. The Bertz CT molecular complexity index is 541. The van der Waals surface area contributed by atoms with Crippen molar-refractivity contribution in [3.05, 3.63) is 48.0 Å². The van der Waals surface area contributed by atoms with Gasteiger partial charge in [0.15, 0.2) is 0 Å². The lowest BCUT2D eigenvalue weighted by atomic mass is 10.3. The number of imidazole rings is 1. The fourth-order valence-electron chi connectivity index (χ4n) is 1.79. The lowest BCUT2D eigenvalue weighted by molar-refractivity contribution is -0.121. The molecule has 0 aliphatic rings. The van der Waals surface area contributed by atoms with Crippen LogP contribution in [0.4, 0.5) is 0 Å². The van der Waals surface area contributed by atoms with E-state index in [0.29, 0.717) is 30.3 Å². The Morgan fingerprint density at radius 1 is 1.33 bits per heavy atom. The summed E-state index contributed by atoms with van der Waals surface area (Å²) in [4.78, 5) is 15.6. The molecule has 21 heavy (non-hydrogen) atoms. The van der Waals surface area contributed by atoms with Crippen LogP contribution in [-0.4, -0.2) is 28.6 Å². The fraction of sp³-hybridized carbons (Fsp3) is 0.333. The monoisotopic (exact) mass is 307 g/mol. The highest BCUT2D eigenvalue weighted by Gasteiger charge is 2.01. The van der Waals surface area contributed by atoms with Gasteiger partial charge in [0.2, 0.25) is 5.91 Å². The molecule has 0 aliphatic carbocycles. The molecule has 1 N–H and O–H groups in total. The van der Waals surface area contributed by atoms with Gasteiger partial charge in [-0.15, -0.1) is 0 Å². The summed E-state index contributed by atoms with van der Waals surface area (Å²) in [7, 11) is 0. The van der Waals surface area contributed by atoms with Crippen LogP contribution in [-0.2, 0) is 11.3 Å². The number of hydrogen-bond donors (Lipinski definition) is 1. The molecule has 112 valence electrons. The molecular weight excluding hydrogens is 290 g/mol. The van der Waals surface area contributed by atoms with E-state index in [4.69, 9.17) is 16.3 Å². The molecule has 0 bridgehead atoms. The van der Waals surface area contributed by atoms with E-state index in [1.807, 2.05) is 10.8 Å². The third kappa shape index (κ3) is 5.87. The van der Waals surface area contributed by atoms with Gasteiger partial charge in [-0.2, -0.15) is 0 Å². The maximum absolute atomic E-state index is 11.6. The van der Waals surface area contributed by atoms with E-state index < -0.39 is 0 Å². The number of halogens is 1. The van der Waals surface area contributed by atoms with Crippen LogP contribution in [0.1, 0.15) is 12.8 Å². The van der Waals surface area contributed by atoms with E-state index in [9.17, 15) is 4.79 Å². The Morgan fingerprint density at radius 2 is 2.14 bits per heavy atom. The van der Waals surface area contributed by atoms with Crippen LogP contribution < -0.4 is 10.1 Å². The van der Waals surface area contributed by atoms with Gasteiger partial charge in [-0.25, -0.2) is 4.98 Å². The average molecular weight is 308 g/mol. The van der Waals surface area contributed by atoms with E-state index in [-0.39, 0.29) is 5.91 Å². The Morgan fingerprint density at radius 3 is 2.86 bits per heavy atom. The molecule has 2 rings (SSSR count). The van der Waals surface area contributed by atoms with E-state index >= 15 is 0 Å². The van der Waals surface area contributed by atoms with Gasteiger partial charge in [-0.1, -0.05) is 11.6 Å². The van der Waals surface area contributed by atoms with Gasteiger partial charge in [-0.05, 0) is 30.7 Å². The largest absolute Gasteiger partial charge is 0.493 e. The molecule has 6 heteroatoms. The number of aromatic nitrogens is 2. The fourth-order valence-corrected chi connectivity index (χ4v) is 1.92. The van der Waals surface area contributed by atoms with Gasteiger partial charge in [0.25, 0.3) is 0 Å². The standard InChI is InChI=1S/C15H18ClN3O2/c16-13-2-4-14(5-3-13)21-11-6-15(20)18-7-1-9-19-10-8-17-12-19/h2-5,8,10,12H,1,6-7,9,11H2,(H,18,20). The molecule has 0 saturated heterocycles. The first kappa shape index (κ1) is 15.4. The van der Waals surface area contributed by atoms with Crippen molar-refractivity contribution in [1.29, 1.82) is 0 Å². The maximum atomic E-state index is 11.6. The lowest BCUT2D eigenvalue weighted by Gasteiger charge is -2.07. The highest BCUT2D eigenvalue weighted by atomic mass is 35.5. The summed E-state index contributed by atoms with van der Waals surface area (Å²) in [5, 5.41) is 3.53. The average Bonchev–Trinajstić information content (AvgIpc) is 2.99. The highest BCUT2D eigenvalue weighted by molar-refractivity contribution is 6.30. The molecule has 0 saturated carbocycles. The highest BCUT2D eigenvalue weighted by Crippen LogP contribution is 2.15. The van der Waals surface area contributed by atoms with Crippen LogP contribution in [0, 0.1) is 0 Å². The molecule has 1 heterocycles. The predicted octanol–water partition coefficient (Wildman–Crippen LogP) is 2.51. The van der Waals surface area contributed by atoms with Crippen molar-refractivity contribution < 1.29 is 9.53 Å². The molecule has 2 aromatic rings. The maximum Gasteiger partial charge on any atom is 0.223 e. The Hall–Kier alpha value is -2.01. The second kappa shape index (κ2) is 8.32. The third-order valence-electron chi connectivity index (χ3n) is 2.89. The molecular formula is C15H18ClN3O2. The lowest BCUT2D eigenvalue weighted by Crippen LogP contribution is -2.26. The van der Waals surface area contributed by atoms with Gasteiger partial charge >= 0.3 is 0 Å². The summed E-state index contributed by atoms with van der Waals surface area (Å²) in [6, 6.07) is 7.08. The predicted molar refractivity (Wildman–Crippen MR) is 81.4 cm³/mol. The Kier molecular flexibility index (Phi) is 6.09. The van der Waals surface area contributed by atoms with Crippen molar-refractivity contribution in [3.8, 4) is 5.75 Å². The minimum atomic E-state index is -0.00500. The minimum absolute atomic E-state index is 0.00500. The topological polar surface area (TPSA) is 56.1 Å². The first-order chi connectivity index (χ1) is 10.2. The second-order valence-electron chi connectivity index (χ2n) is 4.56. The molecule has 0 unspecified atom stereocenters. The zero-order valence-corrected chi connectivity index (χ0v) is 12.4. The van der Waals surface area contributed by atoms with Gasteiger partial charge in [-0.3, -0.25) is 4.79 Å². The molecule has 1 aromatic heterocycles.